The fourth-order valence-electron chi connectivity index (χ4n) is 1.93. The first-order valence-corrected chi connectivity index (χ1v) is 8.14. The Morgan fingerprint density at radius 3 is 3.00 bits per heavy atom. The van der Waals surface area contributed by atoms with E-state index in [-0.39, 0.29) is 0 Å². The molecule has 1 aliphatic heterocycles. The van der Waals surface area contributed by atoms with Gasteiger partial charge in [-0.05, 0) is 30.8 Å². The highest BCUT2D eigenvalue weighted by molar-refractivity contribution is 7.99. The molecule has 0 aromatic carbocycles. The van der Waals surface area contributed by atoms with Crippen LogP contribution < -0.4 is 11.1 Å². The van der Waals surface area contributed by atoms with Gasteiger partial charge in [0, 0.05) is 19.6 Å². The maximum absolute atomic E-state index is 5.79. The Hall–Kier alpha value is -0.500. The Balaban J connectivity index is 1.68. The predicted octanol–water partition coefficient (Wildman–Crippen LogP) is 1.58. The van der Waals surface area contributed by atoms with E-state index >= 15 is 0 Å². The minimum Gasteiger partial charge on any atom is -0.382 e. The van der Waals surface area contributed by atoms with Gasteiger partial charge in [0.05, 0.1) is 18.1 Å². The van der Waals surface area contributed by atoms with Crippen LogP contribution in [-0.4, -0.2) is 54.9 Å². The number of nitrogens with two attached hydrogens (primary N) is 1. The smallest absolute Gasteiger partial charge is 0.153 e. The van der Waals surface area contributed by atoms with Crippen molar-refractivity contribution in [2.45, 2.75) is 11.3 Å². The molecular weight excluding hydrogens is 268 g/mol. The molecule has 2 rings (SSSR count). The summed E-state index contributed by atoms with van der Waals surface area (Å²) in [5.74, 6) is 0.642. The van der Waals surface area contributed by atoms with Crippen LogP contribution in [0.2, 0.25) is 0 Å². The summed E-state index contributed by atoms with van der Waals surface area (Å²) in [5, 5.41) is 4.52. The SMILES string of the molecule is CSc1c(N)nsc1NCCCN1CCOCC1. The van der Waals surface area contributed by atoms with Crippen LogP contribution in [0.25, 0.3) is 0 Å². The van der Waals surface area contributed by atoms with E-state index in [4.69, 9.17) is 10.5 Å². The number of rotatable bonds is 6. The van der Waals surface area contributed by atoms with Crippen LogP contribution in [0.1, 0.15) is 6.42 Å². The molecule has 1 aromatic heterocycles. The molecule has 1 saturated heterocycles. The minimum atomic E-state index is 0.642. The van der Waals surface area contributed by atoms with E-state index in [1.54, 1.807) is 11.8 Å². The number of morpholine rings is 1. The number of nitrogens with zero attached hydrogens (tertiary/aromatic N) is 2. The molecule has 7 heteroatoms. The van der Waals surface area contributed by atoms with Crippen molar-refractivity contribution in [3.8, 4) is 0 Å². The molecule has 0 saturated carbocycles. The molecule has 0 bridgehead atoms. The van der Waals surface area contributed by atoms with E-state index in [2.05, 4.69) is 14.6 Å². The number of anilines is 2. The molecule has 0 atom stereocenters. The number of ether oxygens (including phenoxy) is 1. The second kappa shape index (κ2) is 7.18. The van der Waals surface area contributed by atoms with E-state index in [0.29, 0.717) is 5.82 Å². The van der Waals surface area contributed by atoms with Crippen LogP contribution in [0.4, 0.5) is 10.8 Å². The second-order valence-electron chi connectivity index (χ2n) is 4.16. The quantitative estimate of drug-likeness (QED) is 0.612. The van der Waals surface area contributed by atoms with Crippen molar-refractivity contribution in [3.05, 3.63) is 0 Å². The molecule has 102 valence electrons. The Morgan fingerprint density at radius 2 is 2.28 bits per heavy atom. The molecule has 1 aromatic rings. The highest BCUT2D eigenvalue weighted by atomic mass is 32.2. The van der Waals surface area contributed by atoms with Crippen LogP contribution in [0.3, 0.4) is 0 Å². The zero-order chi connectivity index (χ0) is 12.8. The Kier molecular flexibility index (Phi) is 5.55. The topological polar surface area (TPSA) is 63.4 Å². The van der Waals surface area contributed by atoms with Gasteiger partial charge in [0.1, 0.15) is 5.00 Å². The van der Waals surface area contributed by atoms with Gasteiger partial charge in [-0.3, -0.25) is 4.90 Å². The third-order valence-corrected chi connectivity index (χ3v) is 4.69. The minimum absolute atomic E-state index is 0.642. The molecule has 5 nitrogen and oxygen atoms in total. The van der Waals surface area contributed by atoms with Gasteiger partial charge < -0.3 is 15.8 Å². The van der Waals surface area contributed by atoms with E-state index in [0.717, 1.165) is 55.7 Å². The summed E-state index contributed by atoms with van der Waals surface area (Å²) in [4.78, 5) is 3.52. The third kappa shape index (κ3) is 3.74. The zero-order valence-corrected chi connectivity index (χ0v) is 12.3. The number of nitrogens with one attached hydrogen (secondary N) is 1. The molecule has 18 heavy (non-hydrogen) atoms. The number of aromatic nitrogens is 1. The lowest BCUT2D eigenvalue weighted by Gasteiger charge is -2.26. The fourth-order valence-corrected chi connectivity index (χ4v) is 3.50. The van der Waals surface area contributed by atoms with Gasteiger partial charge in [-0.25, -0.2) is 0 Å². The molecule has 0 radical (unpaired) electrons. The summed E-state index contributed by atoms with van der Waals surface area (Å²) in [6.07, 6.45) is 3.16. The number of nitrogen functional groups attached to an aromatic ring is 1. The van der Waals surface area contributed by atoms with Crippen molar-refractivity contribution >= 4 is 34.1 Å². The van der Waals surface area contributed by atoms with Crippen molar-refractivity contribution in [1.29, 1.82) is 0 Å². The second-order valence-corrected chi connectivity index (χ2v) is 5.75. The predicted molar refractivity (Wildman–Crippen MR) is 78.7 cm³/mol. The number of thioether (sulfide) groups is 1. The fraction of sp³-hybridized carbons (Fsp3) is 0.727. The van der Waals surface area contributed by atoms with Crippen molar-refractivity contribution in [3.63, 3.8) is 0 Å². The highest BCUT2D eigenvalue weighted by Crippen LogP contribution is 2.34. The van der Waals surface area contributed by atoms with Crippen molar-refractivity contribution in [2.24, 2.45) is 0 Å². The maximum atomic E-state index is 5.79. The van der Waals surface area contributed by atoms with E-state index < -0.39 is 0 Å². The number of hydrogen-bond donors (Lipinski definition) is 2. The van der Waals surface area contributed by atoms with E-state index in [1.807, 2.05) is 6.26 Å². The first-order valence-electron chi connectivity index (χ1n) is 6.14. The molecule has 0 aliphatic carbocycles. The summed E-state index contributed by atoms with van der Waals surface area (Å²) in [7, 11) is 0. The van der Waals surface area contributed by atoms with Crippen LogP contribution in [0.15, 0.2) is 4.90 Å². The van der Waals surface area contributed by atoms with Crippen molar-refractivity contribution in [1.82, 2.24) is 9.27 Å². The molecule has 3 N–H and O–H groups in total. The molecule has 0 unspecified atom stereocenters. The molecule has 0 spiro atoms. The van der Waals surface area contributed by atoms with Crippen LogP contribution >= 0.6 is 23.3 Å². The molecule has 1 fully saturated rings. The van der Waals surface area contributed by atoms with Crippen LogP contribution in [0, 0.1) is 0 Å². The van der Waals surface area contributed by atoms with Crippen LogP contribution in [-0.2, 0) is 4.74 Å². The lowest BCUT2D eigenvalue weighted by molar-refractivity contribution is 0.0378. The van der Waals surface area contributed by atoms with Gasteiger partial charge in [0.25, 0.3) is 0 Å². The Morgan fingerprint density at radius 1 is 1.50 bits per heavy atom. The Labute approximate surface area is 116 Å². The maximum Gasteiger partial charge on any atom is 0.153 e. The molecule has 0 amide bonds. The van der Waals surface area contributed by atoms with Gasteiger partial charge in [0.2, 0.25) is 0 Å². The van der Waals surface area contributed by atoms with Gasteiger partial charge in [-0.15, -0.1) is 11.8 Å². The normalized spacial score (nSPS) is 16.9. The summed E-state index contributed by atoms with van der Waals surface area (Å²) < 4.78 is 9.49. The third-order valence-electron chi connectivity index (χ3n) is 2.92. The average molecular weight is 288 g/mol. The molecule has 1 aliphatic rings. The van der Waals surface area contributed by atoms with Gasteiger partial charge in [0.15, 0.2) is 5.82 Å². The van der Waals surface area contributed by atoms with Gasteiger partial charge >= 0.3 is 0 Å². The summed E-state index contributed by atoms with van der Waals surface area (Å²) in [6, 6.07) is 0. The Bertz CT molecular complexity index is 366. The first-order chi connectivity index (χ1) is 8.81. The summed E-state index contributed by atoms with van der Waals surface area (Å²) in [6.45, 7) is 5.95. The van der Waals surface area contributed by atoms with Gasteiger partial charge in [-0.2, -0.15) is 4.37 Å². The van der Waals surface area contributed by atoms with Gasteiger partial charge in [-0.1, -0.05) is 0 Å². The highest BCUT2D eigenvalue weighted by Gasteiger charge is 2.11. The standard InChI is InChI=1S/C11H20N4OS2/c1-17-9-10(12)14-18-11(9)13-3-2-4-15-5-7-16-8-6-15/h13H,2-8H2,1H3,(H2,12,14). The van der Waals surface area contributed by atoms with Crippen LogP contribution in [0.5, 0.6) is 0 Å². The average Bonchev–Trinajstić information content (AvgIpc) is 2.76. The lowest BCUT2D eigenvalue weighted by atomic mass is 10.3. The number of hydrogen-bond acceptors (Lipinski definition) is 7. The largest absolute Gasteiger partial charge is 0.382 e. The monoisotopic (exact) mass is 288 g/mol. The van der Waals surface area contributed by atoms with Crippen molar-refractivity contribution < 1.29 is 4.74 Å². The molecule has 2 heterocycles. The summed E-state index contributed by atoms with van der Waals surface area (Å²) in [5.41, 5.74) is 5.79. The summed E-state index contributed by atoms with van der Waals surface area (Å²) >= 11 is 3.09. The van der Waals surface area contributed by atoms with E-state index in [9.17, 15) is 0 Å². The lowest BCUT2D eigenvalue weighted by Crippen LogP contribution is -2.37. The molecular formula is C11H20N4OS2. The zero-order valence-electron chi connectivity index (χ0n) is 10.6. The van der Waals surface area contributed by atoms with E-state index in [1.165, 1.54) is 11.5 Å². The first kappa shape index (κ1) is 13.9. The van der Waals surface area contributed by atoms with Crippen molar-refractivity contribution in [2.75, 3.05) is 56.7 Å².